The Morgan fingerprint density at radius 3 is 2.32 bits per heavy atom. The fraction of sp³-hybridized carbons (Fsp3) is 0.509. The fourth-order valence-electron chi connectivity index (χ4n) is 9.74. The number of anilines is 1. The van der Waals surface area contributed by atoms with Crippen molar-refractivity contribution in [2.75, 3.05) is 31.6 Å². The molecule has 2 aliphatic rings. The molecule has 1 aliphatic carbocycles. The third kappa shape index (κ3) is 12.8. The van der Waals surface area contributed by atoms with E-state index in [2.05, 4.69) is 73.9 Å². The Labute approximate surface area is 415 Å². The van der Waals surface area contributed by atoms with E-state index in [1.165, 1.54) is 4.90 Å². The molecule has 3 atom stereocenters. The van der Waals surface area contributed by atoms with E-state index < -0.39 is 35.4 Å². The van der Waals surface area contributed by atoms with Crippen LogP contribution in [0.25, 0.3) is 10.4 Å². The van der Waals surface area contributed by atoms with Crippen molar-refractivity contribution in [2.45, 2.75) is 131 Å². The minimum absolute atomic E-state index is 0.00907. The number of hydrogen-bond acceptors (Lipinski definition) is 11. The predicted molar refractivity (Wildman–Crippen MR) is 270 cm³/mol. The number of aliphatic hydroxyl groups is 1. The van der Waals surface area contributed by atoms with Crippen LogP contribution in [0.2, 0.25) is 5.02 Å². The summed E-state index contributed by atoms with van der Waals surface area (Å²) in [5.74, 6) is -0.506. The molecule has 4 aromatic rings. The number of unbranched alkanes of at least 4 members (excludes halogenated alkanes) is 2. The molecule has 0 unspecified atom stereocenters. The highest BCUT2D eigenvalue weighted by Crippen LogP contribution is 2.55. The first-order valence-corrected chi connectivity index (χ1v) is 25.0. The van der Waals surface area contributed by atoms with Gasteiger partial charge < -0.3 is 40.7 Å². The van der Waals surface area contributed by atoms with Gasteiger partial charge in [-0.15, -0.1) is 11.3 Å². The molecule has 0 bridgehead atoms. The van der Waals surface area contributed by atoms with Gasteiger partial charge >= 0.3 is 0 Å². The first-order valence-electron chi connectivity index (χ1n) is 23.8. The van der Waals surface area contributed by atoms with Gasteiger partial charge in [0.1, 0.15) is 36.6 Å². The fourth-order valence-corrected chi connectivity index (χ4v) is 10.9. The molecular formula is C53H68ClN7O7S. The van der Waals surface area contributed by atoms with Gasteiger partial charge in [-0.2, -0.15) is 5.26 Å². The van der Waals surface area contributed by atoms with Crippen molar-refractivity contribution in [1.82, 2.24) is 25.8 Å². The average molecular weight is 983 g/mol. The first kappa shape index (κ1) is 52.8. The van der Waals surface area contributed by atoms with Crippen LogP contribution < -0.4 is 26.0 Å². The van der Waals surface area contributed by atoms with Gasteiger partial charge in [-0.1, -0.05) is 98.2 Å². The lowest BCUT2D eigenvalue weighted by molar-refractivity contribution is -0.164. The standard InChI is InChI=1S/C53H68ClN7O7S/c1-32(2)43-44(69-31-58-43)34-15-13-33(14-16-34)28-57-47(65)41-25-38(62)29-61(41)48(66)45(51(3,4)5)59-42(63)30-67-24-12-10-11-23-56-37-20-17-35(18-21-37)46(64)60-49-52(6,7)50(53(49,8)9)68-39-22-19-36(27-55)40(54)26-39/h13-22,26,31-32,38,41,45,49-50,56,62H,10-12,23-25,28-30H2,1-9H3,(H,57,65)(H,59,63)(H,60,64)/t38-,41+,45-,49-,50-/m1/s1. The molecule has 14 nitrogen and oxygen atoms in total. The molecule has 16 heteroatoms. The zero-order valence-corrected chi connectivity index (χ0v) is 42.9. The summed E-state index contributed by atoms with van der Waals surface area (Å²) >= 11 is 7.84. The number of aromatic nitrogens is 1. The number of aliphatic hydroxyl groups excluding tert-OH is 1. The number of nitrogens with one attached hydrogen (secondary N) is 4. The van der Waals surface area contributed by atoms with Gasteiger partial charge in [0.15, 0.2) is 0 Å². The van der Waals surface area contributed by atoms with Crippen molar-refractivity contribution in [1.29, 1.82) is 5.26 Å². The van der Waals surface area contributed by atoms with Gasteiger partial charge in [0, 0.05) is 66.9 Å². The summed E-state index contributed by atoms with van der Waals surface area (Å²) in [6, 6.07) is 20.5. The molecular weight excluding hydrogens is 914 g/mol. The van der Waals surface area contributed by atoms with E-state index in [1.54, 1.807) is 41.7 Å². The van der Waals surface area contributed by atoms with Crippen molar-refractivity contribution >= 4 is 52.3 Å². The Balaban J connectivity index is 0.882. The summed E-state index contributed by atoms with van der Waals surface area (Å²) in [5.41, 5.74) is 5.27. The molecule has 1 aromatic heterocycles. The number of halogens is 1. The number of likely N-dealkylation sites (tertiary alicyclic amines) is 1. The van der Waals surface area contributed by atoms with Crippen LogP contribution in [-0.4, -0.2) is 95.3 Å². The van der Waals surface area contributed by atoms with Crippen molar-refractivity contribution in [3.63, 3.8) is 0 Å². The van der Waals surface area contributed by atoms with E-state index in [-0.39, 0.29) is 60.9 Å². The van der Waals surface area contributed by atoms with Crippen molar-refractivity contribution in [2.24, 2.45) is 16.2 Å². The molecule has 0 radical (unpaired) electrons. The maximum absolute atomic E-state index is 14.0. The number of benzene rings is 3. The topological polar surface area (TPSA) is 195 Å². The number of rotatable bonds is 20. The highest BCUT2D eigenvalue weighted by Gasteiger charge is 2.64. The van der Waals surface area contributed by atoms with E-state index in [4.69, 9.17) is 21.1 Å². The molecule has 69 heavy (non-hydrogen) atoms. The summed E-state index contributed by atoms with van der Waals surface area (Å²) in [7, 11) is 0. The first-order chi connectivity index (χ1) is 32.6. The van der Waals surface area contributed by atoms with Crippen LogP contribution in [0.4, 0.5) is 5.69 Å². The Kier molecular flexibility index (Phi) is 17.2. The van der Waals surface area contributed by atoms with Crippen molar-refractivity contribution in [3.05, 3.63) is 99.6 Å². The summed E-state index contributed by atoms with van der Waals surface area (Å²) < 4.78 is 12.1. The zero-order chi connectivity index (χ0) is 50.3. The number of amides is 4. The number of ether oxygens (including phenoxy) is 2. The largest absolute Gasteiger partial charge is 0.489 e. The monoisotopic (exact) mass is 981 g/mol. The predicted octanol–water partition coefficient (Wildman–Crippen LogP) is 8.48. The molecule has 6 rings (SSSR count). The Bertz CT molecular complexity index is 2460. The normalized spacial score (nSPS) is 19.8. The Hall–Kier alpha value is -5.53. The number of nitrogens with zero attached hydrogens (tertiary/aromatic N) is 3. The Morgan fingerprint density at radius 2 is 1.68 bits per heavy atom. The number of nitriles is 1. The average Bonchev–Trinajstić information content (AvgIpc) is 3.96. The molecule has 2 fully saturated rings. The van der Waals surface area contributed by atoms with E-state index in [0.717, 1.165) is 46.6 Å². The van der Waals surface area contributed by atoms with Gasteiger partial charge in [0.25, 0.3) is 5.91 Å². The third-order valence-corrected chi connectivity index (χ3v) is 14.4. The lowest BCUT2D eigenvalue weighted by atomic mass is 9.49. The maximum Gasteiger partial charge on any atom is 0.251 e. The maximum atomic E-state index is 14.0. The number of carbonyl (C=O) groups excluding carboxylic acids is 4. The Morgan fingerprint density at radius 1 is 0.986 bits per heavy atom. The second-order valence-corrected chi connectivity index (χ2v) is 22.1. The number of carbonyl (C=O) groups is 4. The molecule has 4 amide bonds. The highest BCUT2D eigenvalue weighted by atomic mass is 35.5. The van der Waals surface area contributed by atoms with Crippen LogP contribution in [-0.2, 0) is 25.7 Å². The smallest absolute Gasteiger partial charge is 0.251 e. The minimum atomic E-state index is -0.948. The van der Waals surface area contributed by atoms with Crippen LogP contribution in [0.5, 0.6) is 5.75 Å². The highest BCUT2D eigenvalue weighted by molar-refractivity contribution is 7.13. The molecule has 1 saturated heterocycles. The van der Waals surface area contributed by atoms with Crippen molar-refractivity contribution < 1.29 is 33.8 Å². The molecule has 0 spiro atoms. The molecule has 3 aromatic carbocycles. The van der Waals surface area contributed by atoms with E-state index in [1.807, 2.05) is 62.7 Å². The van der Waals surface area contributed by atoms with Gasteiger partial charge in [-0.25, -0.2) is 4.98 Å². The van der Waals surface area contributed by atoms with Crippen LogP contribution >= 0.6 is 22.9 Å². The second-order valence-electron chi connectivity index (χ2n) is 20.8. The van der Waals surface area contributed by atoms with E-state index >= 15 is 0 Å². The van der Waals surface area contributed by atoms with Crippen LogP contribution in [0.15, 0.2) is 72.2 Å². The van der Waals surface area contributed by atoms with Gasteiger partial charge in [-0.3, -0.25) is 19.2 Å². The van der Waals surface area contributed by atoms with Crippen LogP contribution in [0, 0.1) is 27.6 Å². The number of hydrogen-bond donors (Lipinski definition) is 5. The summed E-state index contributed by atoms with van der Waals surface area (Å²) in [4.78, 5) is 61.0. The number of thiazole rings is 1. The molecule has 2 heterocycles. The third-order valence-electron chi connectivity index (χ3n) is 13.2. The molecule has 5 N–H and O–H groups in total. The quantitative estimate of drug-likeness (QED) is 0.0536. The van der Waals surface area contributed by atoms with Crippen LogP contribution in [0.3, 0.4) is 0 Å². The van der Waals surface area contributed by atoms with Gasteiger partial charge in [0.05, 0.1) is 32.8 Å². The zero-order valence-electron chi connectivity index (χ0n) is 41.3. The lowest BCUT2D eigenvalue weighted by Gasteiger charge is -2.63. The summed E-state index contributed by atoms with van der Waals surface area (Å²) in [6.45, 7) is 19.2. The summed E-state index contributed by atoms with van der Waals surface area (Å²) in [5, 5.41) is 32.6. The summed E-state index contributed by atoms with van der Waals surface area (Å²) in [6.07, 6.45) is 1.47. The van der Waals surface area contributed by atoms with Gasteiger partial charge in [0.2, 0.25) is 17.7 Å². The molecule has 370 valence electrons. The van der Waals surface area contributed by atoms with E-state index in [9.17, 15) is 29.5 Å². The van der Waals surface area contributed by atoms with Gasteiger partial charge in [-0.05, 0) is 78.1 Å². The second kappa shape index (κ2) is 22.5. The molecule has 1 saturated carbocycles. The van der Waals surface area contributed by atoms with Crippen LogP contribution in [0.1, 0.15) is 121 Å². The number of β-amino-alcohol motifs (C(OH)–C–C–N with tert-alkyl or cyclic N) is 1. The molecule has 1 aliphatic heterocycles. The minimum Gasteiger partial charge on any atom is -0.489 e. The SMILES string of the molecule is CC(C)c1ncsc1-c1ccc(CNC(=O)[C@@H]2C[C@@H](O)CN2C(=O)[C@@H](NC(=O)COCCCCCNc2ccc(C(=O)N[C@H]3C(C)(C)[C@H](Oc4ccc(C#N)c(Cl)c4)C3(C)C)cc2)C(C)(C)C)cc1. The lowest BCUT2D eigenvalue weighted by Crippen LogP contribution is -2.74. The van der Waals surface area contributed by atoms with Crippen molar-refractivity contribution in [3.8, 4) is 22.3 Å². The van der Waals surface area contributed by atoms with E-state index in [0.29, 0.717) is 41.0 Å².